The highest BCUT2D eigenvalue weighted by Gasteiger charge is 2.08. The topological polar surface area (TPSA) is 50.4 Å². The molecule has 0 heterocycles. The van der Waals surface area contributed by atoms with Gasteiger partial charge in [-0.15, -0.1) is 0 Å². The van der Waals surface area contributed by atoms with E-state index in [1.54, 1.807) is 24.3 Å². The van der Waals surface area contributed by atoms with Gasteiger partial charge in [0.05, 0.1) is 6.61 Å². The molecule has 132 valence electrons. The van der Waals surface area contributed by atoms with Gasteiger partial charge in [-0.05, 0) is 95.7 Å². The summed E-state index contributed by atoms with van der Waals surface area (Å²) in [5, 5.41) is 5.93. The average Bonchev–Trinajstić information content (AvgIpc) is 2.57. The van der Waals surface area contributed by atoms with Gasteiger partial charge in [0, 0.05) is 14.8 Å². The van der Waals surface area contributed by atoms with Crippen LogP contribution in [-0.4, -0.2) is 17.6 Å². The van der Waals surface area contributed by atoms with Crippen LogP contribution in [0.5, 0.6) is 5.75 Å². The van der Waals surface area contributed by atoms with E-state index < -0.39 is 0 Å². The minimum atomic E-state index is -0.253. The van der Waals surface area contributed by atoms with Gasteiger partial charge in [0.25, 0.3) is 5.91 Å². The number of hydrogen-bond donors (Lipinski definition) is 2. The first kappa shape index (κ1) is 19.7. The molecule has 0 saturated heterocycles. The van der Waals surface area contributed by atoms with E-state index in [0.717, 1.165) is 21.4 Å². The monoisotopic (exact) mass is 468 g/mol. The van der Waals surface area contributed by atoms with Crippen LogP contribution in [0.15, 0.2) is 48.5 Å². The van der Waals surface area contributed by atoms with Crippen LogP contribution in [0.2, 0.25) is 0 Å². The number of amides is 1. The first-order chi connectivity index (χ1) is 11.9. The molecule has 0 spiro atoms. The Morgan fingerprint density at radius 2 is 1.76 bits per heavy atom. The molecule has 25 heavy (non-hydrogen) atoms. The summed E-state index contributed by atoms with van der Waals surface area (Å²) in [6, 6.07) is 14.8. The van der Waals surface area contributed by atoms with Gasteiger partial charge in [0.2, 0.25) is 0 Å². The first-order valence-corrected chi connectivity index (χ1v) is 9.53. The molecule has 1 amide bonds. The summed E-state index contributed by atoms with van der Waals surface area (Å²) in [4.78, 5) is 12.2. The Morgan fingerprint density at radius 1 is 1.12 bits per heavy atom. The number of rotatable bonds is 6. The van der Waals surface area contributed by atoms with Crippen molar-refractivity contribution in [2.24, 2.45) is 5.92 Å². The van der Waals surface area contributed by atoms with E-state index in [2.05, 4.69) is 47.1 Å². The van der Waals surface area contributed by atoms with Gasteiger partial charge >= 0.3 is 0 Å². The van der Waals surface area contributed by atoms with Crippen LogP contribution >= 0.6 is 34.8 Å². The fraction of sp³-hybridized carbons (Fsp3) is 0.263. The van der Waals surface area contributed by atoms with E-state index in [1.165, 1.54) is 0 Å². The van der Waals surface area contributed by atoms with Gasteiger partial charge in [-0.25, -0.2) is 0 Å². The van der Waals surface area contributed by atoms with E-state index in [-0.39, 0.29) is 11.0 Å². The number of carbonyl (C=O) groups excluding carboxylic acids is 1. The zero-order valence-electron chi connectivity index (χ0n) is 14.2. The third-order valence-electron chi connectivity index (χ3n) is 3.41. The Labute approximate surface area is 167 Å². The number of carbonyl (C=O) groups is 1. The van der Waals surface area contributed by atoms with Gasteiger partial charge in [0.15, 0.2) is 5.11 Å². The van der Waals surface area contributed by atoms with Crippen molar-refractivity contribution in [3.63, 3.8) is 0 Å². The lowest BCUT2D eigenvalue weighted by Gasteiger charge is -2.11. The summed E-state index contributed by atoms with van der Waals surface area (Å²) in [6.07, 6.45) is 1.00. The normalized spacial score (nSPS) is 10.4. The van der Waals surface area contributed by atoms with Crippen molar-refractivity contribution in [2.75, 3.05) is 11.9 Å². The Balaban J connectivity index is 1.85. The summed E-state index contributed by atoms with van der Waals surface area (Å²) in [5.41, 5.74) is 1.36. The number of hydrogen-bond acceptors (Lipinski definition) is 3. The van der Waals surface area contributed by atoms with Crippen LogP contribution in [0.4, 0.5) is 5.69 Å². The lowest BCUT2D eigenvalue weighted by molar-refractivity contribution is 0.0977. The molecule has 4 nitrogen and oxygen atoms in total. The molecule has 0 aromatic heterocycles. The maximum Gasteiger partial charge on any atom is 0.257 e. The smallest absolute Gasteiger partial charge is 0.257 e. The van der Waals surface area contributed by atoms with Crippen molar-refractivity contribution < 1.29 is 9.53 Å². The molecule has 0 atom stereocenters. The SMILES string of the molecule is CC(C)CCOc1ccc(C(=O)NC(=S)Nc2ccc(I)cc2)cc1. The van der Waals surface area contributed by atoms with E-state index in [9.17, 15) is 4.79 Å². The number of anilines is 1. The van der Waals surface area contributed by atoms with Gasteiger partial charge in [0.1, 0.15) is 5.75 Å². The third-order valence-corrected chi connectivity index (χ3v) is 4.33. The fourth-order valence-electron chi connectivity index (χ4n) is 1.99. The van der Waals surface area contributed by atoms with Gasteiger partial charge in [-0.3, -0.25) is 10.1 Å². The zero-order valence-corrected chi connectivity index (χ0v) is 17.2. The third kappa shape index (κ3) is 6.99. The molecule has 0 saturated carbocycles. The second-order valence-corrected chi connectivity index (χ2v) is 7.62. The van der Waals surface area contributed by atoms with Crippen LogP contribution in [0.25, 0.3) is 0 Å². The minimum absolute atomic E-state index is 0.253. The molecule has 0 aliphatic heterocycles. The number of halogens is 1. The van der Waals surface area contributed by atoms with E-state index in [0.29, 0.717) is 18.1 Å². The van der Waals surface area contributed by atoms with Crippen molar-refractivity contribution in [3.05, 3.63) is 57.7 Å². The molecule has 0 aliphatic rings. The van der Waals surface area contributed by atoms with Gasteiger partial charge in [-0.1, -0.05) is 13.8 Å². The fourth-order valence-corrected chi connectivity index (χ4v) is 2.56. The highest BCUT2D eigenvalue weighted by Crippen LogP contribution is 2.14. The van der Waals surface area contributed by atoms with Gasteiger partial charge < -0.3 is 10.1 Å². The van der Waals surface area contributed by atoms with E-state index in [4.69, 9.17) is 17.0 Å². The average molecular weight is 468 g/mol. The van der Waals surface area contributed by atoms with Crippen molar-refractivity contribution in [3.8, 4) is 5.75 Å². The lowest BCUT2D eigenvalue weighted by atomic mass is 10.1. The Bertz CT molecular complexity index is 715. The van der Waals surface area contributed by atoms with Crippen molar-refractivity contribution in [2.45, 2.75) is 20.3 Å². The molecule has 0 bridgehead atoms. The quantitative estimate of drug-likeness (QED) is 0.471. The van der Waals surface area contributed by atoms with Crippen molar-refractivity contribution >= 4 is 51.5 Å². The Hall–Kier alpha value is -1.67. The maximum absolute atomic E-state index is 12.2. The predicted molar refractivity (Wildman–Crippen MR) is 114 cm³/mol. The van der Waals surface area contributed by atoms with Crippen molar-refractivity contribution in [1.82, 2.24) is 5.32 Å². The van der Waals surface area contributed by atoms with Crippen LogP contribution in [0, 0.1) is 9.49 Å². The summed E-state index contributed by atoms with van der Waals surface area (Å²) < 4.78 is 6.78. The molecular formula is C19H21IN2O2S. The number of ether oxygens (including phenoxy) is 1. The second-order valence-electron chi connectivity index (χ2n) is 5.97. The molecule has 0 fully saturated rings. The number of nitrogens with one attached hydrogen (secondary N) is 2. The predicted octanol–water partition coefficient (Wildman–Crippen LogP) is 4.84. The summed E-state index contributed by atoms with van der Waals surface area (Å²) in [7, 11) is 0. The summed E-state index contributed by atoms with van der Waals surface area (Å²) in [6.45, 7) is 4.99. The van der Waals surface area contributed by atoms with Crippen LogP contribution in [0.1, 0.15) is 30.6 Å². The molecule has 2 rings (SSSR count). The van der Waals surface area contributed by atoms with E-state index in [1.807, 2.05) is 24.3 Å². The molecule has 6 heteroatoms. The molecular weight excluding hydrogens is 447 g/mol. The molecule has 0 aliphatic carbocycles. The lowest BCUT2D eigenvalue weighted by Crippen LogP contribution is -2.34. The van der Waals surface area contributed by atoms with Gasteiger partial charge in [-0.2, -0.15) is 0 Å². The molecule has 0 radical (unpaired) electrons. The number of benzene rings is 2. The minimum Gasteiger partial charge on any atom is -0.494 e. The molecule has 0 unspecified atom stereocenters. The molecule has 2 aromatic carbocycles. The Kier molecular flexibility index (Phi) is 7.64. The van der Waals surface area contributed by atoms with Crippen molar-refractivity contribution in [1.29, 1.82) is 0 Å². The standard InChI is InChI=1S/C19H21IN2O2S/c1-13(2)11-12-24-17-9-3-14(4-10-17)18(23)22-19(25)21-16-7-5-15(20)6-8-16/h3-10,13H,11-12H2,1-2H3,(H2,21,22,23,25). The molecule has 2 N–H and O–H groups in total. The first-order valence-electron chi connectivity index (χ1n) is 8.05. The summed E-state index contributed by atoms with van der Waals surface area (Å²) >= 11 is 7.41. The van der Waals surface area contributed by atoms with Crippen LogP contribution in [0.3, 0.4) is 0 Å². The summed E-state index contributed by atoms with van der Waals surface area (Å²) in [5.74, 6) is 1.11. The maximum atomic E-state index is 12.2. The van der Waals surface area contributed by atoms with E-state index >= 15 is 0 Å². The van der Waals surface area contributed by atoms with Crippen LogP contribution < -0.4 is 15.4 Å². The zero-order chi connectivity index (χ0) is 18.2. The molecule has 2 aromatic rings. The second kappa shape index (κ2) is 9.72. The highest BCUT2D eigenvalue weighted by molar-refractivity contribution is 14.1. The Morgan fingerprint density at radius 3 is 2.36 bits per heavy atom. The highest BCUT2D eigenvalue weighted by atomic mass is 127. The van der Waals surface area contributed by atoms with Crippen LogP contribution in [-0.2, 0) is 0 Å². The largest absolute Gasteiger partial charge is 0.494 e. The number of thiocarbonyl (C=S) groups is 1.